The first-order valence-corrected chi connectivity index (χ1v) is 11.2. The predicted octanol–water partition coefficient (Wildman–Crippen LogP) is 4.27. The summed E-state index contributed by atoms with van der Waals surface area (Å²) in [4.78, 5) is 19.0. The van der Waals surface area contributed by atoms with Crippen LogP contribution < -0.4 is 10.0 Å². The molecule has 0 atom stereocenters. The van der Waals surface area contributed by atoms with Crippen LogP contribution in [0.25, 0.3) is 21.2 Å². The molecule has 2 aromatic carbocycles. The Morgan fingerprint density at radius 2 is 1.86 bits per heavy atom. The van der Waals surface area contributed by atoms with Crippen molar-refractivity contribution in [2.45, 2.75) is 19.3 Å². The van der Waals surface area contributed by atoms with Gasteiger partial charge in [0.25, 0.3) is 0 Å². The molecule has 0 N–H and O–H groups in total. The molecule has 0 amide bonds. The largest absolute Gasteiger partial charge is 0.549 e. The van der Waals surface area contributed by atoms with Crippen molar-refractivity contribution in [3.63, 3.8) is 0 Å². The van der Waals surface area contributed by atoms with Crippen molar-refractivity contribution < 1.29 is 9.90 Å². The van der Waals surface area contributed by atoms with Gasteiger partial charge in [-0.2, -0.15) is 0 Å². The van der Waals surface area contributed by atoms with Gasteiger partial charge in [-0.15, -0.1) is 23.1 Å². The van der Waals surface area contributed by atoms with Crippen LogP contribution in [0.5, 0.6) is 0 Å². The Kier molecular flexibility index (Phi) is 5.98. The number of carboxylic acid groups (broad SMARTS) is 1. The lowest BCUT2D eigenvalue weighted by Gasteiger charge is -2.28. The second-order valence-corrected chi connectivity index (χ2v) is 8.84. The van der Waals surface area contributed by atoms with Crippen molar-refractivity contribution in [3.05, 3.63) is 59.1 Å². The highest BCUT2D eigenvalue weighted by molar-refractivity contribution is 8.09. The maximum absolute atomic E-state index is 11.0. The molecule has 1 aliphatic heterocycles. The van der Waals surface area contributed by atoms with Gasteiger partial charge in [-0.25, -0.2) is 4.98 Å². The van der Waals surface area contributed by atoms with E-state index in [-0.39, 0.29) is 5.75 Å². The van der Waals surface area contributed by atoms with Crippen molar-refractivity contribution in [1.82, 2.24) is 4.98 Å². The van der Waals surface area contributed by atoms with Gasteiger partial charge in [0.15, 0.2) is 0 Å². The number of fused-ring (bicyclic) bond motifs is 1. The van der Waals surface area contributed by atoms with Crippen LogP contribution in [0.3, 0.4) is 0 Å². The topological polar surface area (TPSA) is 56.3 Å². The molecular formula is C22H21N2O2S2-. The van der Waals surface area contributed by atoms with E-state index in [9.17, 15) is 9.90 Å². The Morgan fingerprint density at radius 1 is 1.11 bits per heavy atom. The van der Waals surface area contributed by atoms with E-state index in [1.54, 1.807) is 11.3 Å². The third kappa shape index (κ3) is 4.56. The fraction of sp³-hybridized carbons (Fsp3) is 0.273. The molecule has 2 heterocycles. The lowest BCUT2D eigenvalue weighted by Crippen LogP contribution is -2.29. The number of carbonyl (C=O) groups excluding carboxylic acids is 1. The van der Waals surface area contributed by atoms with E-state index in [0.29, 0.717) is 0 Å². The number of rotatable bonds is 6. The number of carboxylic acids is 1. The highest BCUT2D eigenvalue weighted by Crippen LogP contribution is 2.35. The molecule has 1 aromatic heterocycles. The number of carbonyl (C=O) groups is 1. The van der Waals surface area contributed by atoms with Gasteiger partial charge in [-0.05, 0) is 55.2 Å². The number of piperidine rings is 1. The SMILES string of the molecule is O=C([O-])CS/C(=C\c1ccc(N2CCCCC2)cc1)c1nc2ccccc2s1. The van der Waals surface area contributed by atoms with Crippen molar-refractivity contribution >= 4 is 56.0 Å². The third-order valence-corrected chi connectivity index (χ3v) is 6.96. The van der Waals surface area contributed by atoms with Gasteiger partial charge in [0.2, 0.25) is 0 Å². The molecule has 0 unspecified atom stereocenters. The van der Waals surface area contributed by atoms with Crippen LogP contribution in [0.15, 0.2) is 48.5 Å². The van der Waals surface area contributed by atoms with E-state index in [2.05, 4.69) is 34.1 Å². The number of nitrogens with zero attached hydrogens (tertiary/aromatic N) is 2. The number of benzene rings is 2. The maximum Gasteiger partial charge on any atom is 0.131 e. The Hall–Kier alpha value is -2.31. The lowest BCUT2D eigenvalue weighted by atomic mass is 10.1. The van der Waals surface area contributed by atoms with Crippen LogP contribution in [-0.2, 0) is 4.79 Å². The quantitative estimate of drug-likeness (QED) is 0.609. The normalized spacial score (nSPS) is 15.1. The summed E-state index contributed by atoms with van der Waals surface area (Å²) in [6.07, 6.45) is 5.84. The smallest absolute Gasteiger partial charge is 0.131 e. The average Bonchev–Trinajstić information content (AvgIpc) is 3.16. The Morgan fingerprint density at radius 3 is 2.57 bits per heavy atom. The molecule has 4 nitrogen and oxygen atoms in total. The fourth-order valence-electron chi connectivity index (χ4n) is 3.36. The zero-order chi connectivity index (χ0) is 19.3. The molecule has 0 aliphatic carbocycles. The first-order valence-electron chi connectivity index (χ1n) is 9.44. The number of aliphatic carboxylic acids is 1. The Bertz CT molecular complexity index is 956. The van der Waals surface area contributed by atoms with Gasteiger partial charge in [0.1, 0.15) is 5.01 Å². The number of thioether (sulfide) groups is 1. The summed E-state index contributed by atoms with van der Waals surface area (Å²) in [6, 6.07) is 16.4. The third-order valence-electron chi connectivity index (χ3n) is 4.76. The van der Waals surface area contributed by atoms with Crippen LogP contribution in [0.1, 0.15) is 29.8 Å². The van der Waals surface area contributed by atoms with E-state index in [4.69, 9.17) is 0 Å². The molecule has 3 aromatic rings. The molecule has 4 rings (SSSR count). The second-order valence-electron chi connectivity index (χ2n) is 6.80. The Labute approximate surface area is 172 Å². The van der Waals surface area contributed by atoms with Crippen molar-refractivity contribution in [1.29, 1.82) is 0 Å². The van der Waals surface area contributed by atoms with E-state index in [1.165, 1.54) is 36.7 Å². The van der Waals surface area contributed by atoms with Gasteiger partial charge in [-0.1, -0.05) is 24.3 Å². The van der Waals surface area contributed by atoms with Crippen molar-refractivity contribution in [2.75, 3.05) is 23.7 Å². The monoisotopic (exact) mass is 409 g/mol. The summed E-state index contributed by atoms with van der Waals surface area (Å²) in [5, 5.41) is 11.8. The van der Waals surface area contributed by atoms with Gasteiger partial charge in [-0.3, -0.25) is 0 Å². The predicted molar refractivity (Wildman–Crippen MR) is 117 cm³/mol. The van der Waals surface area contributed by atoms with Gasteiger partial charge < -0.3 is 14.8 Å². The molecule has 0 spiro atoms. The van der Waals surface area contributed by atoms with Crippen LogP contribution in [0.2, 0.25) is 0 Å². The molecule has 0 bridgehead atoms. The minimum atomic E-state index is -1.07. The number of hydrogen-bond donors (Lipinski definition) is 0. The Balaban J connectivity index is 1.61. The molecule has 1 aliphatic rings. The standard InChI is InChI=1S/C22H22N2O2S2/c25-21(26)15-27-20(22-23-18-6-2-3-7-19(18)28-22)14-16-8-10-17(11-9-16)24-12-4-1-5-13-24/h2-3,6-11,14H,1,4-5,12-13,15H2,(H,25,26)/p-1/b20-14-. The van der Waals surface area contributed by atoms with Gasteiger partial charge >= 0.3 is 0 Å². The first-order chi connectivity index (χ1) is 13.7. The first kappa shape index (κ1) is 19.0. The highest BCUT2D eigenvalue weighted by Gasteiger charge is 2.12. The second kappa shape index (κ2) is 8.80. The summed E-state index contributed by atoms with van der Waals surface area (Å²) < 4.78 is 1.10. The molecule has 6 heteroatoms. The van der Waals surface area contributed by atoms with E-state index in [0.717, 1.165) is 38.8 Å². The number of thiazole rings is 1. The van der Waals surface area contributed by atoms with Crippen molar-refractivity contribution in [3.8, 4) is 0 Å². The zero-order valence-electron chi connectivity index (χ0n) is 15.5. The summed E-state index contributed by atoms with van der Waals surface area (Å²) in [5.41, 5.74) is 3.23. The molecule has 0 saturated carbocycles. The maximum atomic E-state index is 11.0. The molecule has 144 valence electrons. The van der Waals surface area contributed by atoms with Crippen LogP contribution >= 0.6 is 23.1 Å². The lowest BCUT2D eigenvalue weighted by molar-refractivity contribution is -0.301. The molecule has 0 radical (unpaired) electrons. The molecule has 1 saturated heterocycles. The van der Waals surface area contributed by atoms with Crippen LogP contribution in [0, 0.1) is 0 Å². The van der Waals surface area contributed by atoms with Gasteiger partial charge in [0.05, 0.1) is 16.2 Å². The van der Waals surface area contributed by atoms with Crippen LogP contribution in [0.4, 0.5) is 5.69 Å². The van der Waals surface area contributed by atoms with Crippen LogP contribution in [-0.4, -0.2) is 29.8 Å². The zero-order valence-corrected chi connectivity index (χ0v) is 17.1. The summed E-state index contributed by atoms with van der Waals surface area (Å²) in [7, 11) is 0. The number of para-hydroxylation sites is 1. The summed E-state index contributed by atoms with van der Waals surface area (Å²) >= 11 is 2.84. The van der Waals surface area contributed by atoms with E-state index in [1.807, 2.05) is 30.3 Å². The van der Waals surface area contributed by atoms with E-state index >= 15 is 0 Å². The van der Waals surface area contributed by atoms with E-state index < -0.39 is 5.97 Å². The average molecular weight is 410 g/mol. The summed E-state index contributed by atoms with van der Waals surface area (Å²) in [5.74, 6) is -1.16. The minimum absolute atomic E-state index is 0.0897. The molecule has 1 fully saturated rings. The van der Waals surface area contributed by atoms with Gasteiger partial charge in [0, 0.05) is 29.4 Å². The minimum Gasteiger partial charge on any atom is -0.549 e. The number of aromatic nitrogens is 1. The number of anilines is 1. The molecule has 28 heavy (non-hydrogen) atoms. The number of hydrogen-bond acceptors (Lipinski definition) is 6. The molecular weight excluding hydrogens is 388 g/mol. The van der Waals surface area contributed by atoms with Crippen molar-refractivity contribution in [2.24, 2.45) is 0 Å². The highest BCUT2D eigenvalue weighted by atomic mass is 32.2. The summed E-state index contributed by atoms with van der Waals surface area (Å²) in [6.45, 7) is 2.24. The fourth-order valence-corrected chi connectivity index (χ4v) is 5.20.